The minimum absolute atomic E-state index is 0.0148. The second-order valence-electron chi connectivity index (χ2n) is 8.76. The molecule has 30 heavy (non-hydrogen) atoms. The molecule has 2 fully saturated rings. The number of morpholine rings is 1. The number of nitrogens with zero attached hydrogens (tertiary/aromatic N) is 2. The van der Waals surface area contributed by atoms with E-state index in [2.05, 4.69) is 37.9 Å². The lowest BCUT2D eigenvalue weighted by Gasteiger charge is -2.41. The zero-order valence-electron chi connectivity index (χ0n) is 18.6. The van der Waals surface area contributed by atoms with Crippen molar-refractivity contribution >= 4 is 29.3 Å². The molecule has 2 aliphatic heterocycles. The molecule has 1 N–H and O–H groups in total. The van der Waals surface area contributed by atoms with Crippen molar-refractivity contribution in [2.75, 3.05) is 43.0 Å². The van der Waals surface area contributed by atoms with E-state index in [4.69, 9.17) is 4.74 Å². The first-order valence-electron chi connectivity index (χ1n) is 11.0. The zero-order chi connectivity index (χ0) is 21.7. The summed E-state index contributed by atoms with van der Waals surface area (Å²) in [4.78, 5) is 29.7. The Kier molecular flexibility index (Phi) is 8.20. The average molecular weight is 434 g/mol. The van der Waals surface area contributed by atoms with Gasteiger partial charge in [0.05, 0.1) is 24.7 Å². The van der Waals surface area contributed by atoms with E-state index in [1.54, 1.807) is 0 Å². The number of benzene rings is 1. The number of hydrogen-bond donors (Lipinski definition) is 1. The van der Waals surface area contributed by atoms with Gasteiger partial charge in [-0.1, -0.05) is 26.0 Å². The van der Waals surface area contributed by atoms with Crippen LogP contribution in [0.3, 0.4) is 0 Å². The third-order valence-electron chi connectivity index (χ3n) is 5.68. The van der Waals surface area contributed by atoms with Crippen LogP contribution in [0.15, 0.2) is 24.3 Å². The highest BCUT2D eigenvalue weighted by molar-refractivity contribution is 7.99. The van der Waals surface area contributed by atoms with Crippen LogP contribution in [-0.2, 0) is 20.7 Å². The van der Waals surface area contributed by atoms with Crippen LogP contribution in [0.2, 0.25) is 0 Å². The molecular weight excluding hydrogens is 398 g/mol. The van der Waals surface area contributed by atoms with Crippen molar-refractivity contribution in [3.8, 4) is 0 Å². The fraction of sp³-hybridized carbons (Fsp3) is 0.652. The SMILES string of the molecule is CC1CN(C(C(=O)Nc2ccc(CC(=O)N3CCSCC3)cc2)C(C)C)CC(C)O1. The summed E-state index contributed by atoms with van der Waals surface area (Å²) in [5.74, 6) is 2.44. The molecule has 1 aromatic rings. The Bertz CT molecular complexity index is 709. The summed E-state index contributed by atoms with van der Waals surface area (Å²) in [5.41, 5.74) is 1.75. The van der Waals surface area contributed by atoms with Crippen LogP contribution < -0.4 is 5.32 Å². The average Bonchev–Trinajstić information content (AvgIpc) is 2.69. The van der Waals surface area contributed by atoms with Gasteiger partial charge in [-0.05, 0) is 37.5 Å². The number of carbonyl (C=O) groups excluding carboxylic acids is 2. The van der Waals surface area contributed by atoms with E-state index in [1.165, 1.54) is 0 Å². The van der Waals surface area contributed by atoms with E-state index in [9.17, 15) is 9.59 Å². The van der Waals surface area contributed by atoms with Gasteiger partial charge in [0.2, 0.25) is 11.8 Å². The Morgan fingerprint density at radius 1 is 1.10 bits per heavy atom. The van der Waals surface area contributed by atoms with Gasteiger partial charge in [0.15, 0.2) is 0 Å². The minimum atomic E-state index is -0.197. The maximum absolute atomic E-state index is 13.1. The van der Waals surface area contributed by atoms with E-state index in [0.717, 1.165) is 48.9 Å². The number of ether oxygens (including phenoxy) is 1. The monoisotopic (exact) mass is 433 g/mol. The molecule has 2 aliphatic rings. The smallest absolute Gasteiger partial charge is 0.241 e. The first kappa shape index (κ1) is 23.1. The van der Waals surface area contributed by atoms with Crippen molar-refractivity contribution in [1.82, 2.24) is 9.80 Å². The van der Waals surface area contributed by atoms with Gasteiger partial charge in [0, 0.05) is 43.4 Å². The molecular formula is C23H35N3O3S. The third kappa shape index (κ3) is 6.22. The first-order valence-corrected chi connectivity index (χ1v) is 12.1. The van der Waals surface area contributed by atoms with Crippen LogP contribution in [-0.4, -0.2) is 77.5 Å². The van der Waals surface area contributed by atoms with E-state index < -0.39 is 0 Å². The summed E-state index contributed by atoms with van der Waals surface area (Å²) < 4.78 is 5.83. The van der Waals surface area contributed by atoms with Crippen LogP contribution in [0.4, 0.5) is 5.69 Å². The lowest BCUT2D eigenvalue weighted by molar-refractivity contribution is -0.131. The molecule has 0 bridgehead atoms. The van der Waals surface area contributed by atoms with E-state index >= 15 is 0 Å². The lowest BCUT2D eigenvalue weighted by Crippen LogP contribution is -2.55. The Morgan fingerprint density at radius 2 is 1.70 bits per heavy atom. The van der Waals surface area contributed by atoms with Crippen LogP contribution in [0.25, 0.3) is 0 Å². The minimum Gasteiger partial charge on any atom is -0.373 e. The summed E-state index contributed by atoms with van der Waals surface area (Å²) in [6, 6.07) is 7.48. The summed E-state index contributed by atoms with van der Waals surface area (Å²) in [6.45, 7) is 11.5. The fourth-order valence-corrected chi connectivity index (χ4v) is 5.26. The van der Waals surface area contributed by atoms with Gasteiger partial charge < -0.3 is 15.0 Å². The maximum Gasteiger partial charge on any atom is 0.241 e. The molecule has 6 nitrogen and oxygen atoms in total. The topological polar surface area (TPSA) is 61.9 Å². The van der Waals surface area contributed by atoms with Crippen LogP contribution >= 0.6 is 11.8 Å². The Morgan fingerprint density at radius 3 is 2.27 bits per heavy atom. The third-order valence-corrected chi connectivity index (χ3v) is 6.62. The van der Waals surface area contributed by atoms with Crippen molar-refractivity contribution in [3.63, 3.8) is 0 Å². The molecule has 0 aliphatic carbocycles. The first-order chi connectivity index (χ1) is 14.3. The standard InChI is InChI=1S/C23H35N3O3S/c1-16(2)22(26-14-17(3)29-18(4)15-26)23(28)24-20-7-5-19(6-8-20)13-21(27)25-9-11-30-12-10-25/h5-8,16-18,22H,9-15H2,1-4H3,(H,24,28). The quantitative estimate of drug-likeness (QED) is 0.748. The summed E-state index contributed by atoms with van der Waals surface area (Å²) in [7, 11) is 0. The van der Waals surface area contributed by atoms with Gasteiger partial charge in [0.25, 0.3) is 0 Å². The molecule has 7 heteroatoms. The van der Waals surface area contributed by atoms with Crippen molar-refractivity contribution in [2.45, 2.75) is 52.4 Å². The Labute approximate surface area is 184 Å². The maximum atomic E-state index is 13.1. The summed E-state index contributed by atoms with van der Waals surface area (Å²) >= 11 is 1.90. The van der Waals surface area contributed by atoms with E-state index in [0.29, 0.717) is 6.42 Å². The number of rotatable bonds is 6. The van der Waals surface area contributed by atoms with Gasteiger partial charge in [-0.2, -0.15) is 11.8 Å². The molecule has 0 spiro atoms. The number of thioether (sulfide) groups is 1. The highest BCUT2D eigenvalue weighted by Crippen LogP contribution is 2.21. The number of amides is 2. The fourth-order valence-electron chi connectivity index (χ4n) is 4.36. The van der Waals surface area contributed by atoms with E-state index in [1.807, 2.05) is 40.9 Å². The Balaban J connectivity index is 1.59. The highest BCUT2D eigenvalue weighted by atomic mass is 32.2. The molecule has 0 aromatic heterocycles. The van der Waals surface area contributed by atoms with Crippen molar-refractivity contribution < 1.29 is 14.3 Å². The largest absolute Gasteiger partial charge is 0.373 e. The van der Waals surface area contributed by atoms with Gasteiger partial charge in [0.1, 0.15) is 0 Å². The normalized spacial score (nSPS) is 24.0. The summed E-state index contributed by atoms with van der Waals surface area (Å²) in [5, 5.41) is 3.07. The molecule has 3 unspecified atom stereocenters. The van der Waals surface area contributed by atoms with Gasteiger partial charge >= 0.3 is 0 Å². The van der Waals surface area contributed by atoms with Gasteiger partial charge in [-0.25, -0.2) is 0 Å². The zero-order valence-corrected chi connectivity index (χ0v) is 19.4. The summed E-state index contributed by atoms with van der Waals surface area (Å²) in [6.07, 6.45) is 0.660. The van der Waals surface area contributed by atoms with Crippen LogP contribution in [0.5, 0.6) is 0 Å². The van der Waals surface area contributed by atoms with E-state index in [-0.39, 0.29) is 36.0 Å². The number of carbonyl (C=O) groups is 2. The molecule has 0 radical (unpaired) electrons. The molecule has 3 rings (SSSR count). The molecule has 2 saturated heterocycles. The van der Waals surface area contributed by atoms with Gasteiger partial charge in [-0.3, -0.25) is 14.5 Å². The van der Waals surface area contributed by atoms with Crippen molar-refractivity contribution in [3.05, 3.63) is 29.8 Å². The number of anilines is 1. The highest BCUT2D eigenvalue weighted by Gasteiger charge is 2.34. The predicted molar refractivity (Wildman–Crippen MR) is 123 cm³/mol. The molecule has 166 valence electrons. The molecule has 0 saturated carbocycles. The molecule has 3 atom stereocenters. The van der Waals surface area contributed by atoms with Crippen LogP contribution in [0.1, 0.15) is 33.3 Å². The number of hydrogen-bond acceptors (Lipinski definition) is 5. The molecule has 2 amide bonds. The van der Waals surface area contributed by atoms with Crippen LogP contribution in [0, 0.1) is 5.92 Å². The lowest BCUT2D eigenvalue weighted by atomic mass is 9.99. The Hall–Kier alpha value is -1.57. The molecule has 1 aromatic carbocycles. The van der Waals surface area contributed by atoms with Crippen molar-refractivity contribution in [2.24, 2.45) is 5.92 Å². The predicted octanol–water partition coefficient (Wildman–Crippen LogP) is 2.88. The van der Waals surface area contributed by atoms with Crippen molar-refractivity contribution in [1.29, 1.82) is 0 Å². The number of nitrogens with one attached hydrogen (secondary N) is 1. The second-order valence-corrected chi connectivity index (χ2v) is 9.98. The second kappa shape index (κ2) is 10.6. The van der Waals surface area contributed by atoms with Gasteiger partial charge in [-0.15, -0.1) is 0 Å². The molecule has 2 heterocycles.